The molecule has 2 amide bonds. The summed E-state index contributed by atoms with van der Waals surface area (Å²) in [5.74, 6) is 0.420. The molecular weight excluding hydrogens is 364 g/mol. The number of hydrogen-bond donors (Lipinski definition) is 2. The Morgan fingerprint density at radius 1 is 0.897 bits per heavy atom. The molecule has 5 nitrogen and oxygen atoms in total. The lowest BCUT2D eigenvalue weighted by Crippen LogP contribution is -2.19. The summed E-state index contributed by atoms with van der Waals surface area (Å²) in [5, 5.41) is 7.91. The average Bonchev–Trinajstić information content (AvgIpc) is 2.74. The third-order valence-corrected chi connectivity index (χ3v) is 4.88. The Hall–Kier alpha value is -3.34. The summed E-state index contributed by atoms with van der Waals surface area (Å²) < 4.78 is 5.26. The molecule has 1 atom stereocenters. The van der Waals surface area contributed by atoms with Crippen molar-refractivity contribution in [3.8, 4) is 5.75 Å². The fourth-order valence-corrected chi connectivity index (χ4v) is 3.13. The lowest BCUT2D eigenvalue weighted by Gasteiger charge is -2.14. The molecule has 0 aliphatic heterocycles. The highest BCUT2D eigenvalue weighted by Gasteiger charge is 2.16. The second-order valence-electron chi connectivity index (χ2n) is 7.06. The number of carbonyl (C=O) groups is 2. The minimum Gasteiger partial charge on any atom is -0.497 e. The summed E-state index contributed by atoms with van der Waals surface area (Å²) in [5.41, 5.74) is 2.36. The molecule has 0 unspecified atom stereocenters. The van der Waals surface area contributed by atoms with Gasteiger partial charge in [0.25, 0.3) is 0 Å². The zero-order chi connectivity index (χ0) is 20.8. The van der Waals surface area contributed by atoms with Gasteiger partial charge < -0.3 is 15.4 Å². The first-order chi connectivity index (χ1) is 14.0. The van der Waals surface area contributed by atoms with E-state index < -0.39 is 0 Å². The minimum absolute atomic E-state index is 0.00756. The molecule has 0 radical (unpaired) electrons. The standard InChI is InChI=1S/C24H26N2O3/c1-4-5-23(27)25-20-9-11-21(12-10-20)26-24(28)16(2)17-6-7-19-15-22(29-3)13-8-18(19)14-17/h6-16H,4-5H2,1-3H3,(H,25,27)(H,26,28)/t16-/m0/s1. The number of amides is 2. The van der Waals surface area contributed by atoms with Crippen molar-refractivity contribution in [2.45, 2.75) is 32.6 Å². The maximum Gasteiger partial charge on any atom is 0.231 e. The molecule has 0 bridgehead atoms. The summed E-state index contributed by atoms with van der Waals surface area (Å²) in [6, 6.07) is 19.1. The Labute approximate surface area is 171 Å². The number of rotatable bonds is 7. The first kappa shape index (κ1) is 20.4. The largest absolute Gasteiger partial charge is 0.497 e. The summed E-state index contributed by atoms with van der Waals surface area (Å²) in [6.07, 6.45) is 1.30. The van der Waals surface area contributed by atoms with Gasteiger partial charge in [0.2, 0.25) is 11.8 Å². The van der Waals surface area contributed by atoms with Crippen molar-refractivity contribution < 1.29 is 14.3 Å². The van der Waals surface area contributed by atoms with E-state index in [1.807, 2.05) is 50.2 Å². The molecule has 2 N–H and O–H groups in total. The quantitative estimate of drug-likeness (QED) is 0.573. The Balaban J connectivity index is 1.67. The van der Waals surface area contributed by atoms with Crippen molar-refractivity contribution in [3.63, 3.8) is 0 Å². The fraction of sp³-hybridized carbons (Fsp3) is 0.250. The van der Waals surface area contributed by atoms with Crippen molar-refractivity contribution in [3.05, 3.63) is 66.2 Å². The third kappa shape index (κ3) is 5.13. The fourth-order valence-electron chi connectivity index (χ4n) is 3.13. The van der Waals surface area contributed by atoms with Crippen molar-refractivity contribution in [2.75, 3.05) is 17.7 Å². The van der Waals surface area contributed by atoms with E-state index in [1.165, 1.54) is 0 Å². The minimum atomic E-state index is -0.301. The van der Waals surface area contributed by atoms with Gasteiger partial charge in [-0.1, -0.05) is 31.2 Å². The van der Waals surface area contributed by atoms with Crippen molar-refractivity contribution in [2.24, 2.45) is 0 Å². The van der Waals surface area contributed by atoms with Crippen molar-refractivity contribution in [1.82, 2.24) is 0 Å². The van der Waals surface area contributed by atoms with Crippen LogP contribution in [0.15, 0.2) is 60.7 Å². The Kier molecular flexibility index (Phi) is 6.50. The number of fused-ring (bicyclic) bond motifs is 1. The Morgan fingerprint density at radius 2 is 1.52 bits per heavy atom. The maximum atomic E-state index is 12.7. The summed E-state index contributed by atoms with van der Waals surface area (Å²) in [7, 11) is 1.65. The monoisotopic (exact) mass is 390 g/mol. The predicted molar refractivity (Wildman–Crippen MR) is 118 cm³/mol. The van der Waals surface area contributed by atoms with Crippen molar-refractivity contribution >= 4 is 34.0 Å². The number of nitrogens with one attached hydrogen (secondary N) is 2. The van der Waals surface area contributed by atoms with Gasteiger partial charge in [0.05, 0.1) is 13.0 Å². The highest BCUT2D eigenvalue weighted by atomic mass is 16.5. The maximum absolute atomic E-state index is 12.7. The zero-order valence-corrected chi connectivity index (χ0v) is 17.0. The van der Waals surface area contributed by atoms with E-state index in [9.17, 15) is 9.59 Å². The van der Waals surface area contributed by atoms with Gasteiger partial charge in [0, 0.05) is 17.8 Å². The number of methoxy groups -OCH3 is 1. The van der Waals surface area contributed by atoms with Gasteiger partial charge in [-0.3, -0.25) is 9.59 Å². The summed E-state index contributed by atoms with van der Waals surface area (Å²) in [6.45, 7) is 3.85. The van der Waals surface area contributed by atoms with E-state index in [4.69, 9.17) is 4.74 Å². The van der Waals surface area contributed by atoms with Crippen LogP contribution >= 0.6 is 0 Å². The van der Waals surface area contributed by atoms with Crippen LogP contribution in [0.2, 0.25) is 0 Å². The number of carbonyl (C=O) groups excluding carboxylic acids is 2. The summed E-state index contributed by atoms with van der Waals surface area (Å²) in [4.78, 5) is 24.4. The van der Waals surface area contributed by atoms with E-state index in [1.54, 1.807) is 31.4 Å². The normalized spacial score (nSPS) is 11.7. The topological polar surface area (TPSA) is 67.4 Å². The number of anilines is 2. The molecule has 0 aliphatic rings. The molecule has 3 aromatic rings. The molecule has 0 saturated carbocycles. The zero-order valence-electron chi connectivity index (χ0n) is 17.0. The van der Waals surface area contributed by atoms with E-state index in [2.05, 4.69) is 10.6 Å². The van der Waals surface area contributed by atoms with Gasteiger partial charge in [0.1, 0.15) is 5.75 Å². The molecule has 0 heterocycles. The molecule has 150 valence electrons. The molecule has 29 heavy (non-hydrogen) atoms. The van der Waals surface area contributed by atoms with Gasteiger partial charge in [-0.25, -0.2) is 0 Å². The average molecular weight is 390 g/mol. The lowest BCUT2D eigenvalue weighted by atomic mass is 9.97. The first-order valence-corrected chi connectivity index (χ1v) is 9.78. The summed E-state index contributed by atoms with van der Waals surface area (Å²) >= 11 is 0. The molecule has 3 aromatic carbocycles. The molecule has 3 rings (SSSR count). The van der Waals surface area contributed by atoms with E-state index in [0.29, 0.717) is 12.1 Å². The highest BCUT2D eigenvalue weighted by Crippen LogP contribution is 2.26. The van der Waals surface area contributed by atoms with Crippen LogP contribution in [0.3, 0.4) is 0 Å². The van der Waals surface area contributed by atoms with Crippen LogP contribution in [-0.4, -0.2) is 18.9 Å². The molecule has 0 fully saturated rings. The highest BCUT2D eigenvalue weighted by molar-refractivity contribution is 5.97. The van der Waals surface area contributed by atoms with Crippen LogP contribution < -0.4 is 15.4 Å². The molecule has 5 heteroatoms. The predicted octanol–water partition coefficient (Wildman–Crippen LogP) is 5.33. The van der Waals surface area contributed by atoms with E-state index in [0.717, 1.165) is 34.2 Å². The van der Waals surface area contributed by atoms with Gasteiger partial charge >= 0.3 is 0 Å². The van der Waals surface area contributed by atoms with Crippen LogP contribution in [-0.2, 0) is 9.59 Å². The third-order valence-electron chi connectivity index (χ3n) is 4.88. The van der Waals surface area contributed by atoms with Gasteiger partial charge in [0.15, 0.2) is 0 Å². The first-order valence-electron chi connectivity index (χ1n) is 9.78. The molecule has 0 aromatic heterocycles. The molecule has 0 aliphatic carbocycles. The smallest absolute Gasteiger partial charge is 0.231 e. The molecule has 0 spiro atoms. The number of ether oxygens (including phenoxy) is 1. The van der Waals surface area contributed by atoms with Gasteiger partial charge in [-0.05, 0) is 66.1 Å². The Bertz CT molecular complexity index is 1010. The van der Waals surface area contributed by atoms with Crippen LogP contribution in [0, 0.1) is 0 Å². The SMILES string of the molecule is CCCC(=O)Nc1ccc(NC(=O)[C@@H](C)c2ccc3cc(OC)ccc3c2)cc1. The van der Waals surface area contributed by atoms with Crippen LogP contribution in [0.4, 0.5) is 11.4 Å². The van der Waals surface area contributed by atoms with Gasteiger partial charge in [-0.2, -0.15) is 0 Å². The van der Waals surface area contributed by atoms with E-state index >= 15 is 0 Å². The second kappa shape index (κ2) is 9.24. The van der Waals surface area contributed by atoms with Crippen molar-refractivity contribution in [1.29, 1.82) is 0 Å². The number of hydrogen-bond acceptors (Lipinski definition) is 3. The van der Waals surface area contributed by atoms with Gasteiger partial charge in [-0.15, -0.1) is 0 Å². The second-order valence-corrected chi connectivity index (χ2v) is 7.06. The van der Waals surface area contributed by atoms with Crippen LogP contribution in [0.25, 0.3) is 10.8 Å². The molecular formula is C24H26N2O3. The van der Waals surface area contributed by atoms with Crippen LogP contribution in [0.1, 0.15) is 38.2 Å². The Morgan fingerprint density at radius 3 is 2.17 bits per heavy atom. The van der Waals surface area contributed by atoms with E-state index in [-0.39, 0.29) is 17.7 Å². The van der Waals surface area contributed by atoms with Crippen LogP contribution in [0.5, 0.6) is 5.75 Å². The number of benzene rings is 3. The molecule has 0 saturated heterocycles. The lowest BCUT2D eigenvalue weighted by molar-refractivity contribution is -0.117.